The average Bonchev–Trinajstić information content (AvgIpc) is 2.96. The first-order valence-corrected chi connectivity index (χ1v) is 8.08. The van der Waals surface area contributed by atoms with Gasteiger partial charge < -0.3 is 34.1 Å². The van der Waals surface area contributed by atoms with Crippen LogP contribution in [0.2, 0.25) is 0 Å². The topological polar surface area (TPSA) is 168 Å². The minimum Gasteiger partial charge on any atom is -0.778 e. The Balaban J connectivity index is 1.75. The van der Waals surface area contributed by atoms with Gasteiger partial charge in [0.15, 0.2) is 17.5 Å². The van der Waals surface area contributed by atoms with E-state index in [0.717, 1.165) is 0 Å². The first-order chi connectivity index (χ1) is 10.3. The second kappa shape index (κ2) is 5.45. The summed E-state index contributed by atoms with van der Waals surface area (Å²) in [5.41, 5.74) is 5.49. The molecule has 0 aliphatic carbocycles. The van der Waals surface area contributed by atoms with Gasteiger partial charge in [-0.05, 0) is 0 Å². The number of ether oxygens (including phenoxy) is 2. The van der Waals surface area contributed by atoms with E-state index in [4.69, 9.17) is 20.1 Å². The van der Waals surface area contributed by atoms with E-state index in [0.29, 0.717) is 5.65 Å². The number of aromatic amines is 1. The Hall–Kier alpha value is -1.78. The number of fused-ring (bicyclic) bond motifs is 1. The Morgan fingerprint density at radius 2 is 2.41 bits per heavy atom. The first-order valence-electron chi connectivity index (χ1n) is 6.32. The van der Waals surface area contributed by atoms with Crippen LogP contribution in [-0.4, -0.2) is 49.6 Å². The summed E-state index contributed by atoms with van der Waals surface area (Å²) in [5.74, 6) is -0.0340. The van der Waals surface area contributed by atoms with Gasteiger partial charge in [0, 0.05) is 0 Å². The molecule has 11 nitrogen and oxygen atoms in total. The fourth-order valence-electron chi connectivity index (χ4n) is 2.21. The molecule has 0 saturated carbocycles. The summed E-state index contributed by atoms with van der Waals surface area (Å²) in [5, 5.41) is 0. The van der Waals surface area contributed by atoms with Crippen molar-refractivity contribution in [1.82, 2.24) is 19.5 Å². The minimum atomic E-state index is -4.46. The zero-order valence-corrected chi connectivity index (χ0v) is 12.1. The maximum atomic E-state index is 11.7. The Morgan fingerprint density at radius 1 is 1.64 bits per heavy atom. The van der Waals surface area contributed by atoms with Gasteiger partial charge in [0.25, 0.3) is 5.56 Å². The summed E-state index contributed by atoms with van der Waals surface area (Å²) >= 11 is 0. The van der Waals surface area contributed by atoms with Gasteiger partial charge in [0.1, 0.15) is 13.7 Å². The van der Waals surface area contributed by atoms with E-state index in [1.54, 1.807) is 4.57 Å². The van der Waals surface area contributed by atoms with Crippen LogP contribution >= 0.6 is 7.60 Å². The van der Waals surface area contributed by atoms with E-state index in [1.807, 2.05) is 0 Å². The van der Waals surface area contributed by atoms with Crippen LogP contribution in [-0.2, 0) is 20.6 Å². The van der Waals surface area contributed by atoms with Crippen LogP contribution in [0.15, 0.2) is 11.1 Å². The van der Waals surface area contributed by atoms with Crippen molar-refractivity contribution in [2.24, 2.45) is 0 Å². The highest BCUT2D eigenvalue weighted by Gasteiger charge is 2.29. The van der Waals surface area contributed by atoms with Crippen LogP contribution < -0.4 is 16.2 Å². The molecule has 0 amide bonds. The van der Waals surface area contributed by atoms with Crippen LogP contribution in [0.4, 0.5) is 5.95 Å². The van der Waals surface area contributed by atoms with Gasteiger partial charge in [-0.25, -0.2) is 4.98 Å². The Morgan fingerprint density at radius 3 is 3.14 bits per heavy atom. The molecule has 0 bridgehead atoms. The number of rotatable bonds is 4. The number of nitrogens with two attached hydrogens (primary N) is 1. The third-order valence-electron chi connectivity index (χ3n) is 3.09. The van der Waals surface area contributed by atoms with Crippen molar-refractivity contribution in [1.29, 1.82) is 0 Å². The molecule has 1 aliphatic rings. The van der Waals surface area contributed by atoms with Crippen molar-refractivity contribution < 1.29 is 23.8 Å². The standard InChI is InChI=1S/C10H14N5O6P/c11-10-13-8-7(9(16)14-10)12-4-15(8)1-5-2-20-6(21-5)3-22(17,18)19/h4-6H,1-3H2,(H2,17,18,19)(H3,11,13,14,16)/p-1/t5-,6+/m1/s1. The van der Waals surface area contributed by atoms with Gasteiger partial charge in [0.2, 0.25) is 5.95 Å². The smallest absolute Gasteiger partial charge is 0.280 e. The fraction of sp³-hybridized carbons (Fsp3) is 0.500. The number of nitrogen functional groups attached to an aromatic ring is 1. The van der Waals surface area contributed by atoms with Crippen LogP contribution in [0.25, 0.3) is 11.2 Å². The molecule has 4 N–H and O–H groups in total. The van der Waals surface area contributed by atoms with Crippen molar-refractivity contribution in [2.45, 2.75) is 18.9 Å². The maximum Gasteiger partial charge on any atom is 0.280 e. The average molecular weight is 330 g/mol. The molecule has 120 valence electrons. The number of imidazole rings is 1. The van der Waals surface area contributed by atoms with Gasteiger partial charge in [0.05, 0.1) is 25.6 Å². The van der Waals surface area contributed by atoms with Gasteiger partial charge in [-0.1, -0.05) is 0 Å². The second-order valence-electron chi connectivity index (χ2n) is 4.86. The zero-order valence-electron chi connectivity index (χ0n) is 11.2. The Labute approximate surface area is 123 Å². The van der Waals surface area contributed by atoms with Crippen molar-refractivity contribution >= 4 is 24.7 Å². The summed E-state index contributed by atoms with van der Waals surface area (Å²) in [4.78, 5) is 41.5. The number of H-pyrrole nitrogens is 1. The fourth-order valence-corrected chi connectivity index (χ4v) is 2.78. The number of aromatic nitrogens is 4. The molecule has 2 aromatic heterocycles. The summed E-state index contributed by atoms with van der Waals surface area (Å²) < 4.78 is 22.9. The Bertz CT molecular complexity index is 797. The summed E-state index contributed by atoms with van der Waals surface area (Å²) in [6.45, 7) is 0.389. The molecule has 1 saturated heterocycles. The monoisotopic (exact) mass is 330 g/mol. The number of hydrogen-bond acceptors (Lipinski definition) is 8. The quantitative estimate of drug-likeness (QED) is 0.536. The van der Waals surface area contributed by atoms with E-state index < -0.39 is 31.7 Å². The molecule has 12 heteroatoms. The maximum absolute atomic E-state index is 11.7. The first kappa shape index (κ1) is 15.1. The molecule has 0 radical (unpaired) electrons. The third-order valence-corrected chi connectivity index (χ3v) is 3.85. The summed E-state index contributed by atoms with van der Waals surface area (Å²) in [6, 6.07) is 0. The summed E-state index contributed by atoms with van der Waals surface area (Å²) in [7, 11) is -4.46. The lowest BCUT2D eigenvalue weighted by Gasteiger charge is -2.19. The summed E-state index contributed by atoms with van der Waals surface area (Å²) in [6.07, 6.45) is -0.683. The lowest BCUT2D eigenvalue weighted by atomic mass is 10.4. The predicted octanol–water partition coefficient (Wildman–Crippen LogP) is -2.01. The molecule has 22 heavy (non-hydrogen) atoms. The highest BCUT2D eigenvalue weighted by molar-refractivity contribution is 7.50. The van der Waals surface area contributed by atoms with E-state index in [2.05, 4.69) is 15.0 Å². The van der Waals surface area contributed by atoms with Crippen molar-refractivity contribution in [3.8, 4) is 0 Å². The van der Waals surface area contributed by atoms with Gasteiger partial charge in [-0.15, -0.1) is 0 Å². The van der Waals surface area contributed by atoms with Crippen LogP contribution in [0, 0.1) is 0 Å². The number of hydrogen-bond donors (Lipinski definition) is 3. The van der Waals surface area contributed by atoms with E-state index in [-0.39, 0.29) is 24.6 Å². The van der Waals surface area contributed by atoms with Crippen LogP contribution in [0.3, 0.4) is 0 Å². The molecular weight excluding hydrogens is 317 g/mol. The zero-order chi connectivity index (χ0) is 15.9. The molecule has 0 aromatic carbocycles. The molecular formula is C10H13N5O6P-. The molecule has 1 unspecified atom stereocenters. The minimum absolute atomic E-state index is 0.0340. The molecule has 3 heterocycles. The lowest BCUT2D eigenvalue weighted by Crippen LogP contribution is -2.22. The largest absolute Gasteiger partial charge is 0.778 e. The Kier molecular flexibility index (Phi) is 3.75. The molecule has 1 fully saturated rings. The predicted molar refractivity (Wildman–Crippen MR) is 71.9 cm³/mol. The third kappa shape index (κ3) is 3.18. The highest BCUT2D eigenvalue weighted by atomic mass is 31.2. The van der Waals surface area contributed by atoms with E-state index in [9.17, 15) is 14.3 Å². The SMILES string of the molecule is Nc1nc2c(ncn2C[C@@H]2CO[C@H](CP(=O)([O-])O)O2)c(=O)[nH]1. The molecule has 3 rings (SSSR count). The van der Waals surface area contributed by atoms with Crippen molar-refractivity contribution in [2.75, 3.05) is 18.5 Å². The van der Waals surface area contributed by atoms with E-state index in [1.165, 1.54) is 6.33 Å². The second-order valence-corrected chi connectivity index (χ2v) is 6.50. The number of nitrogens with one attached hydrogen (secondary N) is 1. The lowest BCUT2D eigenvalue weighted by molar-refractivity contribution is -0.197. The molecule has 3 atom stereocenters. The molecule has 2 aromatic rings. The normalized spacial score (nSPS) is 24.6. The van der Waals surface area contributed by atoms with Gasteiger partial charge in [-0.2, -0.15) is 4.98 Å². The van der Waals surface area contributed by atoms with E-state index >= 15 is 0 Å². The molecule has 1 aliphatic heterocycles. The number of anilines is 1. The highest BCUT2D eigenvalue weighted by Crippen LogP contribution is 2.32. The van der Waals surface area contributed by atoms with Crippen molar-refractivity contribution in [3.63, 3.8) is 0 Å². The van der Waals surface area contributed by atoms with Gasteiger partial charge in [-0.3, -0.25) is 9.78 Å². The van der Waals surface area contributed by atoms with Gasteiger partial charge >= 0.3 is 0 Å². The van der Waals surface area contributed by atoms with Crippen molar-refractivity contribution in [3.05, 3.63) is 16.7 Å². The number of nitrogens with zero attached hydrogens (tertiary/aromatic N) is 3. The van der Waals surface area contributed by atoms with Crippen LogP contribution in [0.1, 0.15) is 0 Å². The van der Waals surface area contributed by atoms with Crippen LogP contribution in [0.5, 0.6) is 0 Å². The molecule has 0 spiro atoms.